The van der Waals surface area contributed by atoms with Crippen molar-refractivity contribution < 1.29 is 13.2 Å². The van der Waals surface area contributed by atoms with Crippen LogP contribution in [0.1, 0.15) is 6.42 Å². The van der Waals surface area contributed by atoms with Crippen molar-refractivity contribution in [1.29, 1.82) is 0 Å². The summed E-state index contributed by atoms with van der Waals surface area (Å²) in [5.41, 5.74) is 1.13. The van der Waals surface area contributed by atoms with Gasteiger partial charge in [-0.1, -0.05) is 30.3 Å². The molecule has 1 aliphatic rings. The molecule has 0 radical (unpaired) electrons. The lowest BCUT2D eigenvalue weighted by molar-refractivity contribution is 0.254. The highest BCUT2D eigenvalue weighted by Gasteiger charge is 2.19. The highest BCUT2D eigenvalue weighted by Crippen LogP contribution is 2.28. The smallest absolute Gasteiger partial charge is 0.240 e. The molecule has 3 rings (SSSR count). The summed E-state index contributed by atoms with van der Waals surface area (Å²) in [4.78, 5) is 5.03. The van der Waals surface area contributed by atoms with Crippen molar-refractivity contribution in [2.24, 2.45) is 0 Å². The number of nitrogens with zero attached hydrogens (tertiary/aromatic N) is 2. The third-order valence-electron chi connectivity index (χ3n) is 4.79. The van der Waals surface area contributed by atoms with Gasteiger partial charge >= 0.3 is 0 Å². The molecule has 1 saturated heterocycles. The lowest BCUT2D eigenvalue weighted by atomic mass is 10.2. The Kier molecular flexibility index (Phi) is 6.71. The number of hydrogen-bond donors (Lipinski definition) is 1. The van der Waals surface area contributed by atoms with Crippen molar-refractivity contribution >= 4 is 15.7 Å². The van der Waals surface area contributed by atoms with Crippen LogP contribution >= 0.6 is 0 Å². The quantitative estimate of drug-likeness (QED) is 0.702. The molecule has 2 aromatic carbocycles. The number of nitrogens with one attached hydrogen (secondary N) is 1. The van der Waals surface area contributed by atoms with E-state index in [9.17, 15) is 8.42 Å². The van der Waals surface area contributed by atoms with Gasteiger partial charge in [-0.25, -0.2) is 13.1 Å². The molecule has 1 fully saturated rings. The molecule has 0 bridgehead atoms. The van der Waals surface area contributed by atoms with E-state index in [0.717, 1.165) is 50.6 Å². The number of methoxy groups -OCH3 is 1. The normalized spacial score (nSPS) is 15.7. The first-order valence-electron chi connectivity index (χ1n) is 9.25. The van der Waals surface area contributed by atoms with E-state index in [1.54, 1.807) is 31.4 Å². The fraction of sp³-hybridized carbons (Fsp3) is 0.400. The summed E-state index contributed by atoms with van der Waals surface area (Å²) in [6.07, 6.45) is 0.792. The predicted octanol–water partition coefficient (Wildman–Crippen LogP) is 2.19. The lowest BCUT2D eigenvalue weighted by Crippen LogP contribution is -2.47. The molecule has 0 aromatic heterocycles. The number of anilines is 1. The van der Waals surface area contributed by atoms with E-state index in [1.165, 1.54) is 0 Å². The van der Waals surface area contributed by atoms with E-state index in [2.05, 4.69) is 20.6 Å². The minimum Gasteiger partial charge on any atom is -0.495 e. The number of piperazine rings is 1. The average Bonchev–Trinajstić information content (AvgIpc) is 2.72. The van der Waals surface area contributed by atoms with Crippen molar-refractivity contribution in [2.75, 3.05) is 51.3 Å². The molecule has 0 atom stereocenters. The van der Waals surface area contributed by atoms with Crippen LogP contribution in [0.15, 0.2) is 59.5 Å². The van der Waals surface area contributed by atoms with Gasteiger partial charge in [-0.3, -0.25) is 4.90 Å². The van der Waals surface area contributed by atoms with E-state index in [-0.39, 0.29) is 0 Å². The molecule has 27 heavy (non-hydrogen) atoms. The predicted molar refractivity (Wildman–Crippen MR) is 108 cm³/mol. The van der Waals surface area contributed by atoms with E-state index >= 15 is 0 Å². The van der Waals surface area contributed by atoms with Crippen LogP contribution in [0.2, 0.25) is 0 Å². The zero-order valence-corrected chi connectivity index (χ0v) is 16.5. The Bertz CT molecular complexity index is 819. The van der Waals surface area contributed by atoms with Crippen LogP contribution in [0, 0.1) is 0 Å². The number of rotatable bonds is 8. The van der Waals surface area contributed by atoms with Crippen molar-refractivity contribution in [3.63, 3.8) is 0 Å². The molecule has 6 nitrogen and oxygen atoms in total. The highest BCUT2D eigenvalue weighted by atomic mass is 32.2. The maximum absolute atomic E-state index is 12.2. The summed E-state index contributed by atoms with van der Waals surface area (Å²) in [5, 5.41) is 0. The zero-order chi connectivity index (χ0) is 19.1. The molecule has 0 saturated carbocycles. The second kappa shape index (κ2) is 9.21. The van der Waals surface area contributed by atoms with Crippen molar-refractivity contribution in [3.05, 3.63) is 54.6 Å². The lowest BCUT2D eigenvalue weighted by Gasteiger charge is -2.36. The fourth-order valence-corrected chi connectivity index (χ4v) is 4.39. The van der Waals surface area contributed by atoms with Crippen molar-refractivity contribution in [1.82, 2.24) is 9.62 Å². The first kappa shape index (κ1) is 19.7. The number of para-hydroxylation sites is 2. The molecule has 7 heteroatoms. The molecule has 1 N–H and O–H groups in total. The molecular formula is C20H27N3O3S. The first-order chi connectivity index (χ1) is 13.1. The fourth-order valence-electron chi connectivity index (χ4n) is 3.30. The Balaban J connectivity index is 1.41. The topological polar surface area (TPSA) is 61.9 Å². The minimum atomic E-state index is -3.41. The van der Waals surface area contributed by atoms with Crippen molar-refractivity contribution in [3.8, 4) is 5.75 Å². The van der Waals surface area contributed by atoms with E-state index in [1.807, 2.05) is 24.3 Å². The van der Waals surface area contributed by atoms with E-state index < -0.39 is 10.0 Å². The Labute approximate surface area is 161 Å². The molecule has 0 amide bonds. The Morgan fingerprint density at radius 2 is 1.63 bits per heavy atom. The first-order valence-corrected chi connectivity index (χ1v) is 10.7. The van der Waals surface area contributed by atoms with Gasteiger partial charge in [-0.15, -0.1) is 0 Å². The van der Waals surface area contributed by atoms with Gasteiger partial charge in [-0.05, 0) is 37.2 Å². The van der Waals surface area contributed by atoms with Crippen LogP contribution in [-0.2, 0) is 10.0 Å². The molecule has 1 aliphatic heterocycles. The van der Waals surface area contributed by atoms with Gasteiger partial charge < -0.3 is 9.64 Å². The summed E-state index contributed by atoms with van der Waals surface area (Å²) in [6.45, 7) is 5.14. The molecule has 146 valence electrons. The van der Waals surface area contributed by atoms with Crippen LogP contribution in [0.25, 0.3) is 0 Å². The van der Waals surface area contributed by atoms with Crippen LogP contribution in [-0.4, -0.2) is 59.7 Å². The van der Waals surface area contributed by atoms with Gasteiger partial charge in [-0.2, -0.15) is 0 Å². The molecule has 1 heterocycles. The summed E-state index contributed by atoms with van der Waals surface area (Å²) in [7, 11) is -1.71. The molecule has 2 aromatic rings. The average molecular weight is 390 g/mol. The highest BCUT2D eigenvalue weighted by molar-refractivity contribution is 7.89. The summed E-state index contributed by atoms with van der Waals surface area (Å²) in [5.74, 6) is 0.904. The summed E-state index contributed by atoms with van der Waals surface area (Å²) >= 11 is 0. The van der Waals surface area contributed by atoms with Gasteiger partial charge in [0.05, 0.1) is 17.7 Å². The molecular weight excluding hydrogens is 362 g/mol. The van der Waals surface area contributed by atoms with Gasteiger partial charge in [0.2, 0.25) is 10.0 Å². The zero-order valence-electron chi connectivity index (χ0n) is 15.7. The van der Waals surface area contributed by atoms with E-state index in [4.69, 9.17) is 4.74 Å². The Hall–Kier alpha value is -2.09. The van der Waals surface area contributed by atoms with E-state index in [0.29, 0.717) is 11.4 Å². The third kappa shape index (κ3) is 5.22. The summed E-state index contributed by atoms with van der Waals surface area (Å²) < 4.78 is 32.5. The van der Waals surface area contributed by atoms with Gasteiger partial charge in [0.1, 0.15) is 5.75 Å². The number of ether oxygens (including phenoxy) is 1. The van der Waals surface area contributed by atoms with Gasteiger partial charge in [0.25, 0.3) is 0 Å². The van der Waals surface area contributed by atoms with Crippen molar-refractivity contribution in [2.45, 2.75) is 11.3 Å². The second-order valence-electron chi connectivity index (χ2n) is 6.56. The number of hydrogen-bond acceptors (Lipinski definition) is 5. The molecule has 0 aliphatic carbocycles. The summed E-state index contributed by atoms with van der Waals surface area (Å²) in [6, 6.07) is 16.6. The molecule has 0 spiro atoms. The Morgan fingerprint density at radius 3 is 2.33 bits per heavy atom. The van der Waals surface area contributed by atoms with Crippen LogP contribution in [0.5, 0.6) is 5.75 Å². The largest absolute Gasteiger partial charge is 0.495 e. The minimum absolute atomic E-state index is 0.315. The third-order valence-corrected chi connectivity index (χ3v) is 6.27. The SMILES string of the molecule is COc1ccccc1N1CCN(CCCNS(=O)(=O)c2ccccc2)CC1. The maximum Gasteiger partial charge on any atom is 0.240 e. The second-order valence-corrected chi connectivity index (χ2v) is 8.33. The number of benzene rings is 2. The molecule has 0 unspecified atom stereocenters. The van der Waals surface area contributed by atoms with Gasteiger partial charge in [0, 0.05) is 32.7 Å². The number of sulfonamides is 1. The monoisotopic (exact) mass is 389 g/mol. The van der Waals surface area contributed by atoms with Crippen LogP contribution in [0.4, 0.5) is 5.69 Å². The van der Waals surface area contributed by atoms with Crippen LogP contribution in [0.3, 0.4) is 0 Å². The Morgan fingerprint density at radius 1 is 0.963 bits per heavy atom. The maximum atomic E-state index is 12.2. The van der Waals surface area contributed by atoms with Crippen LogP contribution < -0.4 is 14.4 Å². The standard InChI is InChI=1S/C20H27N3O3S/c1-26-20-11-6-5-10-19(20)23-16-14-22(15-17-23)13-7-12-21-27(24,25)18-8-3-2-4-9-18/h2-6,8-11,21H,7,12-17H2,1H3. The van der Waals surface area contributed by atoms with Gasteiger partial charge in [0.15, 0.2) is 0 Å².